The summed E-state index contributed by atoms with van der Waals surface area (Å²) in [6.07, 6.45) is 4.49. The van der Waals surface area contributed by atoms with Crippen molar-refractivity contribution in [2.24, 2.45) is 0 Å². The van der Waals surface area contributed by atoms with E-state index in [-0.39, 0.29) is 5.97 Å². The Hall–Kier alpha value is -1.49. The normalized spacial score (nSPS) is 17.4. The monoisotopic (exact) mass is 262 g/mol. The molecule has 1 aliphatic rings. The molecule has 0 radical (unpaired) electrons. The highest BCUT2D eigenvalue weighted by molar-refractivity contribution is 7.18. The minimum absolute atomic E-state index is 0.129. The highest BCUT2D eigenvalue weighted by atomic mass is 32.1. The number of hydrogen-bond donors (Lipinski definition) is 0. The molecule has 0 aromatic carbocycles. The third kappa shape index (κ3) is 1.61. The van der Waals surface area contributed by atoms with E-state index in [2.05, 4.69) is 9.97 Å². The molecule has 0 atom stereocenters. The van der Waals surface area contributed by atoms with E-state index in [0.29, 0.717) is 6.61 Å². The lowest BCUT2D eigenvalue weighted by Gasteiger charge is -2.37. The molecular weight excluding hydrogens is 248 g/mol. The van der Waals surface area contributed by atoms with E-state index in [0.717, 1.165) is 34.6 Å². The molecule has 2 aromatic rings. The molecule has 1 aliphatic carbocycles. The largest absolute Gasteiger partial charge is 0.465 e. The molecule has 0 spiro atoms. The minimum Gasteiger partial charge on any atom is -0.465 e. The highest BCUT2D eigenvalue weighted by Crippen LogP contribution is 2.46. The van der Waals surface area contributed by atoms with Gasteiger partial charge in [0, 0.05) is 6.20 Å². The van der Waals surface area contributed by atoms with E-state index in [4.69, 9.17) is 4.74 Å². The van der Waals surface area contributed by atoms with E-state index in [9.17, 15) is 4.79 Å². The quantitative estimate of drug-likeness (QED) is 0.798. The molecule has 5 heteroatoms. The van der Waals surface area contributed by atoms with Gasteiger partial charge in [-0.3, -0.25) is 4.79 Å². The van der Waals surface area contributed by atoms with Crippen LogP contribution in [0, 0.1) is 0 Å². The Bertz CT molecular complexity index is 556. The number of fused-ring (bicyclic) bond motifs is 1. The molecule has 1 fully saturated rings. The summed E-state index contributed by atoms with van der Waals surface area (Å²) in [6.45, 7) is 2.26. The summed E-state index contributed by atoms with van der Waals surface area (Å²) in [6, 6.07) is 3.80. The summed E-state index contributed by atoms with van der Waals surface area (Å²) < 4.78 is 5.21. The van der Waals surface area contributed by atoms with E-state index in [1.54, 1.807) is 6.20 Å². The number of carbonyl (C=O) groups excluding carboxylic acids is 1. The molecule has 2 heterocycles. The molecule has 2 aromatic heterocycles. The van der Waals surface area contributed by atoms with Crippen molar-refractivity contribution in [2.75, 3.05) is 6.61 Å². The standard InChI is InChI=1S/C13H14N2O2S/c1-2-17-12(16)13(6-4-7-13)11-15-9-5-3-8-14-10(9)18-11/h3,5,8H,2,4,6-7H2,1H3. The van der Waals surface area contributed by atoms with Gasteiger partial charge in [-0.1, -0.05) is 17.8 Å². The molecule has 18 heavy (non-hydrogen) atoms. The Labute approximate surface area is 109 Å². The second-order valence-corrected chi connectivity index (χ2v) is 5.48. The van der Waals surface area contributed by atoms with Gasteiger partial charge >= 0.3 is 5.97 Å². The van der Waals surface area contributed by atoms with Gasteiger partial charge in [0.1, 0.15) is 20.8 Å². The zero-order chi connectivity index (χ0) is 12.6. The topological polar surface area (TPSA) is 52.1 Å². The minimum atomic E-state index is -0.499. The van der Waals surface area contributed by atoms with E-state index in [1.165, 1.54) is 11.3 Å². The summed E-state index contributed by atoms with van der Waals surface area (Å²) >= 11 is 1.51. The first-order chi connectivity index (χ1) is 8.76. The first-order valence-electron chi connectivity index (χ1n) is 6.15. The number of hydrogen-bond acceptors (Lipinski definition) is 5. The first-order valence-corrected chi connectivity index (χ1v) is 6.97. The van der Waals surface area contributed by atoms with Gasteiger partial charge in [-0.25, -0.2) is 9.97 Å². The van der Waals surface area contributed by atoms with Gasteiger partial charge < -0.3 is 4.74 Å². The average Bonchev–Trinajstić information content (AvgIpc) is 2.71. The van der Waals surface area contributed by atoms with Crippen LogP contribution in [0.3, 0.4) is 0 Å². The predicted octanol–water partition coefficient (Wildman–Crippen LogP) is 2.68. The predicted molar refractivity (Wildman–Crippen MR) is 69.6 cm³/mol. The van der Waals surface area contributed by atoms with Gasteiger partial charge in [0.05, 0.1) is 6.61 Å². The van der Waals surface area contributed by atoms with Crippen molar-refractivity contribution in [1.29, 1.82) is 0 Å². The van der Waals surface area contributed by atoms with Crippen LogP contribution < -0.4 is 0 Å². The molecule has 0 aliphatic heterocycles. The smallest absolute Gasteiger partial charge is 0.319 e. The number of pyridine rings is 1. The Morgan fingerprint density at radius 3 is 3.00 bits per heavy atom. The van der Waals surface area contributed by atoms with Crippen LogP contribution in [0.5, 0.6) is 0 Å². The lowest BCUT2D eigenvalue weighted by Crippen LogP contribution is -2.43. The second-order valence-electron chi connectivity index (χ2n) is 4.50. The third-order valence-electron chi connectivity index (χ3n) is 3.45. The van der Waals surface area contributed by atoms with Crippen molar-refractivity contribution < 1.29 is 9.53 Å². The molecule has 94 valence electrons. The van der Waals surface area contributed by atoms with Crippen molar-refractivity contribution in [2.45, 2.75) is 31.6 Å². The molecule has 0 unspecified atom stereocenters. The van der Waals surface area contributed by atoms with Crippen molar-refractivity contribution in [3.8, 4) is 0 Å². The highest BCUT2D eigenvalue weighted by Gasteiger charge is 2.49. The third-order valence-corrected chi connectivity index (χ3v) is 4.63. The van der Waals surface area contributed by atoms with Crippen LogP contribution >= 0.6 is 11.3 Å². The Morgan fingerprint density at radius 2 is 2.39 bits per heavy atom. The molecule has 0 N–H and O–H groups in total. The average molecular weight is 262 g/mol. The fourth-order valence-electron chi connectivity index (χ4n) is 2.28. The SMILES string of the molecule is CCOC(=O)C1(c2nc3cccnc3s2)CCC1. The number of nitrogens with zero attached hydrogens (tertiary/aromatic N) is 2. The fourth-order valence-corrected chi connectivity index (χ4v) is 3.42. The van der Waals surface area contributed by atoms with Gasteiger partial charge in [0.2, 0.25) is 0 Å². The number of carbonyl (C=O) groups is 1. The maximum absolute atomic E-state index is 12.1. The molecule has 4 nitrogen and oxygen atoms in total. The van der Waals surface area contributed by atoms with Crippen LogP contribution in [0.4, 0.5) is 0 Å². The van der Waals surface area contributed by atoms with Crippen LogP contribution in [0.15, 0.2) is 18.3 Å². The van der Waals surface area contributed by atoms with Crippen LogP contribution in [0.1, 0.15) is 31.2 Å². The summed E-state index contributed by atoms with van der Waals surface area (Å²) in [7, 11) is 0. The Balaban J connectivity index is 2.03. The number of esters is 1. The first kappa shape index (κ1) is 11.6. The number of rotatable bonds is 3. The zero-order valence-corrected chi connectivity index (χ0v) is 11.0. The molecular formula is C13H14N2O2S. The van der Waals surface area contributed by atoms with Crippen LogP contribution in [-0.2, 0) is 14.9 Å². The Morgan fingerprint density at radius 1 is 1.56 bits per heavy atom. The zero-order valence-electron chi connectivity index (χ0n) is 10.2. The van der Waals surface area contributed by atoms with Crippen molar-refractivity contribution >= 4 is 27.7 Å². The van der Waals surface area contributed by atoms with E-state index in [1.807, 2.05) is 19.1 Å². The van der Waals surface area contributed by atoms with E-state index >= 15 is 0 Å². The number of ether oxygens (including phenoxy) is 1. The maximum atomic E-state index is 12.1. The fraction of sp³-hybridized carbons (Fsp3) is 0.462. The van der Waals surface area contributed by atoms with Crippen LogP contribution in [-0.4, -0.2) is 22.5 Å². The number of aromatic nitrogens is 2. The summed E-state index contributed by atoms with van der Waals surface area (Å²) in [5.41, 5.74) is 0.370. The van der Waals surface area contributed by atoms with Crippen molar-refractivity contribution in [3.05, 3.63) is 23.3 Å². The van der Waals surface area contributed by atoms with Gasteiger partial charge in [0.15, 0.2) is 0 Å². The van der Waals surface area contributed by atoms with Gasteiger partial charge in [-0.15, -0.1) is 0 Å². The van der Waals surface area contributed by atoms with Gasteiger partial charge in [0.25, 0.3) is 0 Å². The second kappa shape index (κ2) is 4.31. The molecule has 1 saturated carbocycles. The van der Waals surface area contributed by atoms with Gasteiger partial charge in [-0.05, 0) is 31.9 Å². The summed E-state index contributed by atoms with van der Waals surface area (Å²) in [5, 5.41) is 0.862. The maximum Gasteiger partial charge on any atom is 0.319 e. The molecule has 0 bridgehead atoms. The van der Waals surface area contributed by atoms with Crippen molar-refractivity contribution in [1.82, 2.24) is 9.97 Å². The van der Waals surface area contributed by atoms with Crippen LogP contribution in [0.25, 0.3) is 10.3 Å². The molecule has 3 rings (SSSR count). The van der Waals surface area contributed by atoms with E-state index < -0.39 is 5.41 Å². The lowest BCUT2D eigenvalue weighted by atomic mass is 9.69. The summed E-state index contributed by atoms with van der Waals surface area (Å²) in [4.78, 5) is 21.9. The lowest BCUT2D eigenvalue weighted by molar-refractivity contribution is -0.153. The number of thiazole rings is 1. The molecule has 0 saturated heterocycles. The Kier molecular flexibility index (Phi) is 2.78. The summed E-state index contributed by atoms with van der Waals surface area (Å²) in [5.74, 6) is -0.129. The van der Waals surface area contributed by atoms with Crippen LogP contribution in [0.2, 0.25) is 0 Å². The van der Waals surface area contributed by atoms with Crippen molar-refractivity contribution in [3.63, 3.8) is 0 Å². The molecule has 0 amide bonds. The van der Waals surface area contributed by atoms with Gasteiger partial charge in [-0.2, -0.15) is 0 Å².